The Bertz CT molecular complexity index is 934. The second kappa shape index (κ2) is 10.6. The zero-order valence-electron chi connectivity index (χ0n) is 15.7. The Hall–Kier alpha value is -2.47. The minimum absolute atomic E-state index is 0. The Morgan fingerprint density at radius 3 is 2.07 bits per heavy atom. The van der Waals surface area contributed by atoms with Crippen LogP contribution in [0, 0.1) is 0 Å². The molecule has 0 radical (unpaired) electrons. The molecule has 0 unspecified atom stereocenters. The molecule has 4 aromatic rings. The van der Waals surface area contributed by atoms with Crippen LogP contribution < -0.4 is 28.5 Å². The summed E-state index contributed by atoms with van der Waals surface area (Å²) >= 11 is 0. The molecule has 4 rings (SSSR count). The minimum atomic E-state index is 0. The number of imidazole rings is 1. The van der Waals surface area contributed by atoms with Crippen LogP contribution >= 0.6 is 0 Å². The van der Waals surface area contributed by atoms with Gasteiger partial charge in [-0.1, -0.05) is 73.7 Å². The van der Waals surface area contributed by atoms with Crippen molar-refractivity contribution < 1.29 is 28.5 Å². The monoisotopic (exact) mass is 469 g/mol. The molecule has 138 valence electrons. The molecule has 0 aliphatic rings. The SMILES string of the molecule is CCc1ccccc1.C[n+]1ccn(-c2cccc(-c3ccccc3)n2)c1.[I-]. The summed E-state index contributed by atoms with van der Waals surface area (Å²) in [7, 11) is 2.00. The van der Waals surface area contributed by atoms with Gasteiger partial charge in [0.05, 0.1) is 12.7 Å². The number of halogens is 1. The quantitative estimate of drug-likeness (QED) is 0.330. The summed E-state index contributed by atoms with van der Waals surface area (Å²) in [6.07, 6.45) is 7.13. The smallest absolute Gasteiger partial charge is 0.250 e. The number of nitrogens with zero attached hydrogens (tertiary/aromatic N) is 3. The molecule has 0 aliphatic carbocycles. The van der Waals surface area contributed by atoms with E-state index in [4.69, 9.17) is 0 Å². The van der Waals surface area contributed by atoms with Crippen molar-refractivity contribution in [2.75, 3.05) is 0 Å². The van der Waals surface area contributed by atoms with Crippen molar-refractivity contribution in [3.8, 4) is 17.1 Å². The maximum atomic E-state index is 4.68. The van der Waals surface area contributed by atoms with Gasteiger partial charge in [0.1, 0.15) is 12.4 Å². The van der Waals surface area contributed by atoms with Crippen molar-refractivity contribution in [1.29, 1.82) is 0 Å². The summed E-state index contributed by atoms with van der Waals surface area (Å²) in [6, 6.07) is 26.7. The van der Waals surface area contributed by atoms with E-state index in [1.165, 1.54) is 5.56 Å². The Morgan fingerprint density at radius 2 is 1.52 bits per heavy atom. The van der Waals surface area contributed by atoms with Crippen molar-refractivity contribution in [3.05, 3.63) is 103 Å². The molecule has 4 heteroatoms. The van der Waals surface area contributed by atoms with Crippen LogP contribution in [0.1, 0.15) is 12.5 Å². The van der Waals surface area contributed by atoms with E-state index in [0.717, 1.165) is 23.5 Å². The Labute approximate surface area is 178 Å². The average molecular weight is 469 g/mol. The van der Waals surface area contributed by atoms with Crippen molar-refractivity contribution >= 4 is 0 Å². The lowest BCUT2D eigenvalue weighted by Gasteiger charge is -2.01. The zero-order valence-corrected chi connectivity index (χ0v) is 17.8. The van der Waals surface area contributed by atoms with E-state index < -0.39 is 0 Å². The van der Waals surface area contributed by atoms with Crippen LogP contribution in [0.5, 0.6) is 0 Å². The molecule has 0 N–H and O–H groups in total. The second-order valence-corrected chi connectivity index (χ2v) is 6.07. The number of rotatable bonds is 3. The topological polar surface area (TPSA) is 21.7 Å². The molecule has 0 spiro atoms. The van der Waals surface area contributed by atoms with E-state index in [9.17, 15) is 0 Å². The maximum Gasteiger partial charge on any atom is 0.250 e. The standard InChI is InChI=1S/C15H14N3.C8H10.HI/c1-17-10-11-18(12-17)15-9-5-8-14(16-15)13-6-3-2-4-7-13;1-2-8-6-4-3-5-7-8;/h2-12H,1H3;3-7H,2H2,1H3;1H/q+1;;/p-1. The fourth-order valence-electron chi connectivity index (χ4n) is 2.64. The van der Waals surface area contributed by atoms with E-state index in [1.54, 1.807) is 0 Å². The first kappa shape index (κ1) is 20.8. The van der Waals surface area contributed by atoms with E-state index in [2.05, 4.69) is 48.3 Å². The van der Waals surface area contributed by atoms with Gasteiger partial charge in [-0.2, -0.15) is 4.57 Å². The van der Waals surface area contributed by atoms with E-state index in [1.807, 2.05) is 77.4 Å². The van der Waals surface area contributed by atoms with Crippen LogP contribution in [0.2, 0.25) is 0 Å². The van der Waals surface area contributed by atoms with Crippen molar-refractivity contribution in [3.63, 3.8) is 0 Å². The summed E-state index contributed by atoms with van der Waals surface area (Å²) in [5.74, 6) is 0.928. The van der Waals surface area contributed by atoms with Gasteiger partial charge >= 0.3 is 0 Å². The largest absolute Gasteiger partial charge is 1.00 e. The summed E-state index contributed by atoms with van der Waals surface area (Å²) in [4.78, 5) is 4.68. The predicted octanol–water partition coefficient (Wildman–Crippen LogP) is 1.62. The molecule has 0 fully saturated rings. The fraction of sp³-hybridized carbons (Fsp3) is 0.130. The first-order valence-corrected chi connectivity index (χ1v) is 8.86. The van der Waals surface area contributed by atoms with E-state index >= 15 is 0 Å². The van der Waals surface area contributed by atoms with Gasteiger partial charge < -0.3 is 24.0 Å². The Morgan fingerprint density at radius 1 is 0.852 bits per heavy atom. The third kappa shape index (κ3) is 6.03. The normalized spacial score (nSPS) is 9.70. The Balaban J connectivity index is 0.000000247. The number of pyridine rings is 1. The molecular weight excluding hydrogens is 445 g/mol. The van der Waals surface area contributed by atoms with Crippen LogP contribution in [0.15, 0.2) is 97.6 Å². The number of hydrogen-bond acceptors (Lipinski definition) is 1. The molecule has 3 nitrogen and oxygen atoms in total. The molecule has 0 amide bonds. The number of aryl methyl sites for hydroxylation is 2. The number of hydrogen-bond donors (Lipinski definition) is 0. The molecule has 0 aliphatic heterocycles. The van der Waals surface area contributed by atoms with Gasteiger partial charge in [0.25, 0.3) is 0 Å². The van der Waals surface area contributed by atoms with Crippen LogP contribution in [0.4, 0.5) is 0 Å². The van der Waals surface area contributed by atoms with Crippen LogP contribution in [0.25, 0.3) is 17.1 Å². The van der Waals surface area contributed by atoms with E-state index in [-0.39, 0.29) is 24.0 Å². The molecule has 0 bridgehead atoms. The van der Waals surface area contributed by atoms with Crippen LogP contribution in [-0.2, 0) is 13.5 Å². The molecule has 0 saturated carbocycles. The van der Waals surface area contributed by atoms with Gasteiger partial charge in [0, 0.05) is 11.6 Å². The van der Waals surface area contributed by atoms with Gasteiger partial charge in [-0.05, 0) is 18.1 Å². The predicted molar refractivity (Wildman–Crippen MR) is 106 cm³/mol. The van der Waals surface area contributed by atoms with Gasteiger partial charge in [-0.15, -0.1) is 0 Å². The highest BCUT2D eigenvalue weighted by atomic mass is 127. The second-order valence-electron chi connectivity index (χ2n) is 6.07. The van der Waals surface area contributed by atoms with E-state index in [0.29, 0.717) is 0 Å². The molecule has 2 aromatic carbocycles. The summed E-state index contributed by atoms with van der Waals surface area (Å²) in [6.45, 7) is 2.16. The zero-order chi connectivity index (χ0) is 18.2. The van der Waals surface area contributed by atoms with Gasteiger partial charge in [-0.25, -0.2) is 9.55 Å². The minimum Gasteiger partial charge on any atom is -1.00 e. The number of aromatic nitrogens is 3. The lowest BCUT2D eigenvalue weighted by molar-refractivity contribution is -0.670. The van der Waals surface area contributed by atoms with Crippen molar-refractivity contribution in [1.82, 2.24) is 9.55 Å². The molecule has 0 saturated heterocycles. The van der Waals surface area contributed by atoms with Crippen molar-refractivity contribution in [2.45, 2.75) is 13.3 Å². The van der Waals surface area contributed by atoms with Gasteiger partial charge in [0.15, 0.2) is 0 Å². The molecule has 2 heterocycles. The van der Waals surface area contributed by atoms with Gasteiger partial charge in [-0.3, -0.25) is 0 Å². The molecule has 2 aromatic heterocycles. The third-order valence-corrected chi connectivity index (χ3v) is 4.09. The van der Waals surface area contributed by atoms with Gasteiger partial charge in [0.2, 0.25) is 12.1 Å². The third-order valence-electron chi connectivity index (χ3n) is 4.09. The summed E-state index contributed by atoms with van der Waals surface area (Å²) < 4.78 is 4.00. The Kier molecular flexibility index (Phi) is 8.20. The first-order chi connectivity index (χ1) is 12.8. The lowest BCUT2D eigenvalue weighted by Crippen LogP contribution is -3.00. The lowest BCUT2D eigenvalue weighted by atomic mass is 10.1. The maximum absolute atomic E-state index is 4.68. The highest BCUT2D eigenvalue weighted by molar-refractivity contribution is 5.59. The first-order valence-electron chi connectivity index (χ1n) is 8.86. The number of benzene rings is 2. The molecular formula is C23H24IN3. The fourth-order valence-corrected chi connectivity index (χ4v) is 2.64. The summed E-state index contributed by atoms with van der Waals surface area (Å²) in [5.41, 5.74) is 3.54. The van der Waals surface area contributed by atoms with Crippen LogP contribution in [-0.4, -0.2) is 9.55 Å². The summed E-state index contributed by atoms with van der Waals surface area (Å²) in [5, 5.41) is 0. The van der Waals surface area contributed by atoms with Crippen molar-refractivity contribution in [2.24, 2.45) is 7.05 Å². The molecule has 27 heavy (non-hydrogen) atoms. The highest BCUT2D eigenvalue weighted by Crippen LogP contribution is 2.17. The molecule has 0 atom stereocenters. The highest BCUT2D eigenvalue weighted by Gasteiger charge is 2.07. The average Bonchev–Trinajstić information content (AvgIpc) is 3.16. The van der Waals surface area contributed by atoms with Crippen LogP contribution in [0.3, 0.4) is 0 Å².